The topological polar surface area (TPSA) is 134 Å². The molecule has 10 heteroatoms. The molecule has 0 atom stereocenters. The Labute approximate surface area is 152 Å². The molecule has 5 N–H and O–H groups in total. The van der Waals surface area contributed by atoms with Crippen molar-refractivity contribution < 1.29 is 9.66 Å². The summed E-state index contributed by atoms with van der Waals surface area (Å²) in [6.07, 6.45) is 3.29. The van der Waals surface area contributed by atoms with Crippen molar-refractivity contribution >= 4 is 23.8 Å². The lowest BCUT2D eigenvalue weighted by Gasteiger charge is -2.14. The minimum Gasteiger partial charge on any atom is -0.392 e. The Kier molecular flexibility index (Phi) is 6.00. The van der Waals surface area contributed by atoms with E-state index in [-0.39, 0.29) is 6.61 Å². The molecule has 0 fully saturated rings. The maximum Gasteiger partial charge on any atom is 0.206 e. The third-order valence-corrected chi connectivity index (χ3v) is 5.27. The summed E-state index contributed by atoms with van der Waals surface area (Å²) in [6.45, 7) is 0.423. The number of aromatic amines is 1. The molecule has 0 unspecified atom stereocenters. The van der Waals surface area contributed by atoms with Gasteiger partial charge in [0.2, 0.25) is 5.82 Å². The van der Waals surface area contributed by atoms with Gasteiger partial charge in [0, 0.05) is 52.8 Å². The molecule has 0 saturated carbocycles. The van der Waals surface area contributed by atoms with Gasteiger partial charge in [-0.05, 0) is 28.5 Å². The lowest BCUT2D eigenvalue weighted by Crippen LogP contribution is -2.02. The van der Waals surface area contributed by atoms with Crippen molar-refractivity contribution in [2.75, 3.05) is 12.3 Å². The minimum absolute atomic E-state index is 0.107. The molecule has 3 rings (SSSR count). The second-order valence-corrected chi connectivity index (χ2v) is 6.75. The molecule has 2 heterocycles. The monoisotopic (exact) mass is 376 g/mol. The van der Waals surface area contributed by atoms with Crippen molar-refractivity contribution in [1.29, 1.82) is 0 Å². The van der Waals surface area contributed by atoms with E-state index in [1.807, 2.05) is 18.2 Å². The summed E-state index contributed by atoms with van der Waals surface area (Å²) < 4.78 is 9.90. The number of aromatic nitrogens is 5. The van der Waals surface area contributed by atoms with E-state index in [1.54, 1.807) is 24.2 Å². The minimum atomic E-state index is -0.107. The molecule has 0 spiro atoms. The Morgan fingerprint density at radius 3 is 2.80 bits per heavy atom. The van der Waals surface area contributed by atoms with E-state index in [2.05, 4.69) is 25.6 Å². The number of thioether (sulfide) groups is 1. The Morgan fingerprint density at radius 1 is 1.24 bits per heavy atom. The van der Waals surface area contributed by atoms with Gasteiger partial charge in [0.05, 0.1) is 11.5 Å². The van der Waals surface area contributed by atoms with Crippen LogP contribution >= 0.6 is 23.8 Å². The van der Waals surface area contributed by atoms with E-state index in [0.29, 0.717) is 40.4 Å². The predicted molar refractivity (Wildman–Crippen MR) is 97.0 cm³/mol. The molecule has 130 valence electrons. The smallest absolute Gasteiger partial charge is 0.206 e. The van der Waals surface area contributed by atoms with Crippen molar-refractivity contribution in [1.82, 2.24) is 25.6 Å². The third kappa shape index (κ3) is 3.83. The van der Waals surface area contributed by atoms with Crippen LogP contribution in [-0.4, -0.2) is 47.6 Å². The van der Waals surface area contributed by atoms with Gasteiger partial charge in [-0.2, -0.15) is 5.21 Å². The largest absolute Gasteiger partial charge is 0.392 e. The van der Waals surface area contributed by atoms with Crippen LogP contribution in [0.2, 0.25) is 0 Å². The van der Waals surface area contributed by atoms with Gasteiger partial charge in [-0.3, -0.25) is 4.98 Å². The zero-order valence-electron chi connectivity index (χ0n) is 13.1. The van der Waals surface area contributed by atoms with E-state index >= 15 is 0 Å². The highest BCUT2D eigenvalue weighted by atomic mass is 32.2. The number of H-pyrrole nitrogens is 1. The zero-order valence-corrected chi connectivity index (χ0v) is 14.7. The number of rotatable bonds is 7. The van der Waals surface area contributed by atoms with Gasteiger partial charge in [-0.15, -0.1) is 22.0 Å². The molecule has 0 saturated heterocycles. The average Bonchev–Trinajstić information content (AvgIpc) is 3.19. The maximum absolute atomic E-state index is 9.90. The van der Waals surface area contributed by atoms with Gasteiger partial charge >= 0.3 is 0 Å². The molecule has 8 nitrogen and oxygen atoms in total. The molecule has 0 aliphatic rings. The van der Waals surface area contributed by atoms with Crippen LogP contribution in [0.3, 0.4) is 0 Å². The number of aliphatic hydroxyl groups is 1. The normalized spacial score (nSPS) is 11.0. The van der Waals surface area contributed by atoms with Crippen molar-refractivity contribution in [3.05, 3.63) is 36.2 Å². The molecule has 1 aromatic carbocycles. The molecule has 25 heavy (non-hydrogen) atoms. The van der Waals surface area contributed by atoms with Gasteiger partial charge in [0.15, 0.2) is 0 Å². The summed E-state index contributed by atoms with van der Waals surface area (Å²) in [6, 6.07) is 5.68. The average molecular weight is 376 g/mol. The van der Waals surface area contributed by atoms with Crippen molar-refractivity contribution in [3.8, 4) is 22.5 Å². The fraction of sp³-hybridized carbons (Fsp3) is 0.200. The number of nitrogens with one attached hydrogen (secondary N) is 1. The highest BCUT2D eigenvalue weighted by Crippen LogP contribution is 2.42. The van der Waals surface area contributed by atoms with Crippen LogP contribution in [-0.2, 0) is 6.61 Å². The fourth-order valence-corrected chi connectivity index (χ4v) is 3.86. The zero-order chi connectivity index (χ0) is 17.6. The summed E-state index contributed by atoms with van der Waals surface area (Å²) in [5, 5.41) is 23.6. The quantitative estimate of drug-likeness (QED) is 0.361. The highest BCUT2D eigenvalue weighted by molar-refractivity contribution is 8.00. The SMILES string of the molecule is NCCSc1ccc(-c2cncc(CO)c2)c(-c2nn[nH]n2)c1SO. The number of aliphatic hydroxyl groups excluding tert-OH is 1. The molecule has 0 bridgehead atoms. The molecule has 0 aliphatic carbocycles. The van der Waals surface area contributed by atoms with Crippen LogP contribution in [0.4, 0.5) is 0 Å². The molecule has 0 amide bonds. The lowest BCUT2D eigenvalue weighted by molar-refractivity contribution is 0.281. The van der Waals surface area contributed by atoms with Gasteiger partial charge in [0.25, 0.3) is 0 Å². The second-order valence-electron chi connectivity index (χ2n) is 5.02. The number of nitrogens with two attached hydrogens (primary N) is 1. The molecular weight excluding hydrogens is 360 g/mol. The van der Waals surface area contributed by atoms with Crippen LogP contribution in [0.15, 0.2) is 40.4 Å². The van der Waals surface area contributed by atoms with Crippen LogP contribution < -0.4 is 5.73 Å². The first-order valence-corrected chi connectivity index (χ1v) is 9.14. The number of benzene rings is 1. The van der Waals surface area contributed by atoms with Crippen molar-refractivity contribution in [3.63, 3.8) is 0 Å². The highest BCUT2D eigenvalue weighted by Gasteiger charge is 2.20. The summed E-state index contributed by atoms with van der Waals surface area (Å²) in [5.41, 5.74) is 8.51. The first-order valence-electron chi connectivity index (χ1n) is 7.38. The Morgan fingerprint density at radius 2 is 2.12 bits per heavy atom. The van der Waals surface area contributed by atoms with Crippen LogP contribution in [0.25, 0.3) is 22.5 Å². The summed E-state index contributed by atoms with van der Waals surface area (Å²) in [5.74, 6) is 1.09. The number of tetrazole rings is 1. The van der Waals surface area contributed by atoms with Crippen LogP contribution in [0, 0.1) is 0 Å². The van der Waals surface area contributed by atoms with E-state index in [1.165, 1.54) is 0 Å². The van der Waals surface area contributed by atoms with Gasteiger partial charge in [0.1, 0.15) is 0 Å². The lowest BCUT2D eigenvalue weighted by atomic mass is 9.99. The molecule has 2 aromatic heterocycles. The first kappa shape index (κ1) is 17.8. The van der Waals surface area contributed by atoms with E-state index in [4.69, 9.17) is 5.73 Å². The van der Waals surface area contributed by atoms with Gasteiger partial charge < -0.3 is 15.4 Å². The number of hydrogen-bond acceptors (Lipinski definition) is 9. The number of nitrogens with zero attached hydrogens (tertiary/aromatic N) is 4. The van der Waals surface area contributed by atoms with Gasteiger partial charge in [-0.1, -0.05) is 6.07 Å². The molecule has 3 aromatic rings. The Hall–Kier alpha value is -1.98. The fourth-order valence-electron chi connectivity index (χ4n) is 2.39. The summed E-state index contributed by atoms with van der Waals surface area (Å²) >= 11 is 2.18. The molecule has 0 radical (unpaired) electrons. The third-order valence-electron chi connectivity index (χ3n) is 3.45. The Balaban J connectivity index is 2.20. The van der Waals surface area contributed by atoms with E-state index in [9.17, 15) is 9.66 Å². The summed E-state index contributed by atoms with van der Waals surface area (Å²) in [7, 11) is 0. The number of hydrogen-bond donors (Lipinski definition) is 4. The molecular formula is C15H16N6O2S2. The molecule has 0 aliphatic heterocycles. The van der Waals surface area contributed by atoms with Crippen LogP contribution in [0.1, 0.15) is 5.56 Å². The predicted octanol–water partition coefficient (Wildman–Crippen LogP) is 2.04. The summed E-state index contributed by atoms with van der Waals surface area (Å²) in [4.78, 5) is 5.68. The van der Waals surface area contributed by atoms with Crippen molar-refractivity contribution in [2.24, 2.45) is 5.73 Å². The van der Waals surface area contributed by atoms with E-state index in [0.717, 1.165) is 21.8 Å². The second kappa shape index (κ2) is 8.41. The standard InChI is InChI=1S/C15H16N6O2S2/c16-3-4-24-12-2-1-11(10-5-9(8-22)6-17-7-10)13(14(12)25-23)15-18-20-21-19-15/h1-2,5-7,22-23H,3-4,8,16H2,(H,18,19,20,21). The Bertz CT molecular complexity index is 844. The van der Waals surface area contributed by atoms with Crippen LogP contribution in [0.5, 0.6) is 0 Å². The van der Waals surface area contributed by atoms with E-state index < -0.39 is 0 Å². The van der Waals surface area contributed by atoms with Crippen molar-refractivity contribution in [2.45, 2.75) is 16.4 Å². The van der Waals surface area contributed by atoms with Gasteiger partial charge in [-0.25, -0.2) is 0 Å². The maximum atomic E-state index is 9.90. The first-order chi connectivity index (χ1) is 12.3. The number of pyridine rings is 1.